The van der Waals surface area contributed by atoms with E-state index in [1.807, 2.05) is 0 Å². The number of imidazole rings is 1. The van der Waals surface area contributed by atoms with Gasteiger partial charge in [0.25, 0.3) is 0 Å². The SMILES string of the molecule is Cc1cn(C2CCCCC2)c(NCCC2CC2)n1. The number of hydrogen-bond donors (Lipinski definition) is 1. The van der Waals surface area contributed by atoms with Gasteiger partial charge in [0, 0.05) is 18.8 Å². The zero-order valence-corrected chi connectivity index (χ0v) is 11.5. The Morgan fingerprint density at radius 3 is 2.72 bits per heavy atom. The first-order chi connectivity index (χ1) is 8.83. The third-order valence-corrected chi connectivity index (χ3v) is 4.35. The van der Waals surface area contributed by atoms with Crippen LogP contribution in [-0.4, -0.2) is 16.1 Å². The van der Waals surface area contributed by atoms with Crippen LogP contribution in [0.4, 0.5) is 5.95 Å². The summed E-state index contributed by atoms with van der Waals surface area (Å²) in [7, 11) is 0. The van der Waals surface area contributed by atoms with Crippen molar-refractivity contribution in [1.29, 1.82) is 0 Å². The minimum atomic E-state index is 0.684. The molecule has 0 bridgehead atoms. The summed E-state index contributed by atoms with van der Waals surface area (Å²) in [5.41, 5.74) is 1.15. The van der Waals surface area contributed by atoms with E-state index in [4.69, 9.17) is 0 Å². The van der Waals surface area contributed by atoms with Crippen molar-refractivity contribution in [2.24, 2.45) is 5.92 Å². The Morgan fingerprint density at radius 2 is 2.00 bits per heavy atom. The Bertz CT molecular complexity index is 386. The van der Waals surface area contributed by atoms with Crippen LogP contribution < -0.4 is 5.32 Å². The second kappa shape index (κ2) is 5.33. The Balaban J connectivity index is 1.63. The van der Waals surface area contributed by atoms with Crippen LogP contribution in [0.15, 0.2) is 6.20 Å². The summed E-state index contributed by atoms with van der Waals surface area (Å²) < 4.78 is 2.40. The first-order valence-corrected chi connectivity index (χ1v) is 7.62. The van der Waals surface area contributed by atoms with Gasteiger partial charge in [-0.05, 0) is 32.1 Å². The van der Waals surface area contributed by atoms with Crippen LogP contribution in [0, 0.1) is 12.8 Å². The van der Waals surface area contributed by atoms with Crippen LogP contribution in [0.2, 0.25) is 0 Å². The largest absolute Gasteiger partial charge is 0.356 e. The molecule has 2 fully saturated rings. The zero-order chi connectivity index (χ0) is 12.4. The summed E-state index contributed by atoms with van der Waals surface area (Å²) in [5, 5.41) is 3.55. The van der Waals surface area contributed by atoms with E-state index in [0.717, 1.165) is 24.1 Å². The smallest absolute Gasteiger partial charge is 0.203 e. The summed E-state index contributed by atoms with van der Waals surface area (Å²) in [6, 6.07) is 0.684. The average Bonchev–Trinajstić information content (AvgIpc) is 3.13. The standard InChI is InChI=1S/C15H25N3/c1-12-11-18(14-5-3-2-4-6-14)15(17-12)16-10-9-13-7-8-13/h11,13-14H,2-10H2,1H3,(H,16,17). The van der Waals surface area contributed by atoms with Crippen molar-refractivity contribution in [1.82, 2.24) is 9.55 Å². The molecule has 18 heavy (non-hydrogen) atoms. The Kier molecular flexibility index (Phi) is 3.57. The summed E-state index contributed by atoms with van der Waals surface area (Å²) in [5.74, 6) is 2.11. The minimum Gasteiger partial charge on any atom is -0.356 e. The molecule has 1 heterocycles. The van der Waals surface area contributed by atoms with Gasteiger partial charge in [-0.25, -0.2) is 4.98 Å². The van der Waals surface area contributed by atoms with E-state index in [-0.39, 0.29) is 0 Å². The predicted octanol–water partition coefficient (Wildman–Crippen LogP) is 3.91. The molecular formula is C15H25N3. The van der Waals surface area contributed by atoms with E-state index < -0.39 is 0 Å². The molecule has 3 nitrogen and oxygen atoms in total. The highest BCUT2D eigenvalue weighted by molar-refractivity contribution is 5.29. The Morgan fingerprint density at radius 1 is 1.22 bits per heavy atom. The van der Waals surface area contributed by atoms with Crippen molar-refractivity contribution in [3.05, 3.63) is 11.9 Å². The fourth-order valence-electron chi connectivity index (χ4n) is 3.08. The maximum atomic E-state index is 4.65. The lowest BCUT2D eigenvalue weighted by Gasteiger charge is -2.24. The molecule has 2 aliphatic rings. The van der Waals surface area contributed by atoms with Crippen molar-refractivity contribution in [2.75, 3.05) is 11.9 Å². The summed E-state index contributed by atoms with van der Waals surface area (Å²) in [4.78, 5) is 4.65. The number of nitrogens with zero attached hydrogens (tertiary/aromatic N) is 2. The van der Waals surface area contributed by atoms with Crippen molar-refractivity contribution < 1.29 is 0 Å². The molecule has 0 spiro atoms. The van der Waals surface area contributed by atoms with Gasteiger partial charge in [-0.1, -0.05) is 32.1 Å². The normalized spacial score (nSPS) is 21.2. The second-order valence-corrected chi connectivity index (χ2v) is 6.06. The molecule has 1 N–H and O–H groups in total. The van der Waals surface area contributed by atoms with Crippen LogP contribution in [0.1, 0.15) is 63.1 Å². The lowest BCUT2D eigenvalue weighted by atomic mass is 9.95. The lowest BCUT2D eigenvalue weighted by molar-refractivity contribution is 0.355. The molecule has 1 aromatic rings. The topological polar surface area (TPSA) is 29.9 Å². The van der Waals surface area contributed by atoms with E-state index in [9.17, 15) is 0 Å². The van der Waals surface area contributed by atoms with Gasteiger partial charge in [0.15, 0.2) is 0 Å². The third-order valence-electron chi connectivity index (χ3n) is 4.35. The van der Waals surface area contributed by atoms with E-state index in [0.29, 0.717) is 6.04 Å². The fraction of sp³-hybridized carbons (Fsp3) is 0.800. The molecule has 0 atom stereocenters. The van der Waals surface area contributed by atoms with E-state index in [2.05, 4.69) is 28.0 Å². The molecular weight excluding hydrogens is 222 g/mol. The maximum absolute atomic E-state index is 4.65. The van der Waals surface area contributed by atoms with Crippen molar-refractivity contribution in [3.8, 4) is 0 Å². The van der Waals surface area contributed by atoms with Gasteiger partial charge in [0.2, 0.25) is 5.95 Å². The van der Waals surface area contributed by atoms with E-state index in [1.165, 1.54) is 51.4 Å². The van der Waals surface area contributed by atoms with Gasteiger partial charge in [-0.3, -0.25) is 0 Å². The van der Waals surface area contributed by atoms with Crippen molar-refractivity contribution >= 4 is 5.95 Å². The predicted molar refractivity (Wildman–Crippen MR) is 74.9 cm³/mol. The van der Waals surface area contributed by atoms with Crippen LogP contribution in [0.5, 0.6) is 0 Å². The van der Waals surface area contributed by atoms with Gasteiger partial charge in [0.05, 0.1) is 5.69 Å². The Labute approximate surface area is 110 Å². The highest BCUT2D eigenvalue weighted by Gasteiger charge is 2.22. The quantitative estimate of drug-likeness (QED) is 0.855. The number of nitrogens with one attached hydrogen (secondary N) is 1. The van der Waals surface area contributed by atoms with Crippen molar-refractivity contribution in [3.63, 3.8) is 0 Å². The molecule has 3 heteroatoms. The molecule has 0 aliphatic heterocycles. The number of aromatic nitrogens is 2. The average molecular weight is 247 g/mol. The van der Waals surface area contributed by atoms with Gasteiger partial charge in [-0.15, -0.1) is 0 Å². The molecule has 2 aliphatic carbocycles. The summed E-state index contributed by atoms with van der Waals surface area (Å²) in [6.45, 7) is 3.19. The molecule has 0 amide bonds. The summed E-state index contributed by atoms with van der Waals surface area (Å²) in [6.07, 6.45) is 13.3. The first kappa shape index (κ1) is 12.1. The molecule has 0 aromatic carbocycles. The van der Waals surface area contributed by atoms with E-state index >= 15 is 0 Å². The molecule has 2 saturated carbocycles. The molecule has 0 unspecified atom stereocenters. The lowest BCUT2D eigenvalue weighted by Crippen LogP contribution is -2.16. The van der Waals surface area contributed by atoms with Crippen LogP contribution in [0.25, 0.3) is 0 Å². The molecule has 0 saturated heterocycles. The third kappa shape index (κ3) is 2.88. The highest BCUT2D eigenvalue weighted by Crippen LogP contribution is 2.33. The number of hydrogen-bond acceptors (Lipinski definition) is 2. The second-order valence-electron chi connectivity index (χ2n) is 6.06. The van der Waals surface area contributed by atoms with Crippen LogP contribution in [-0.2, 0) is 0 Å². The van der Waals surface area contributed by atoms with Gasteiger partial charge < -0.3 is 9.88 Å². The molecule has 100 valence electrons. The minimum absolute atomic E-state index is 0.684. The first-order valence-electron chi connectivity index (χ1n) is 7.62. The van der Waals surface area contributed by atoms with Gasteiger partial charge in [-0.2, -0.15) is 0 Å². The molecule has 3 rings (SSSR count). The van der Waals surface area contributed by atoms with Crippen molar-refractivity contribution in [2.45, 2.75) is 64.3 Å². The molecule has 1 aromatic heterocycles. The van der Waals surface area contributed by atoms with Gasteiger partial charge in [0.1, 0.15) is 0 Å². The van der Waals surface area contributed by atoms with Crippen LogP contribution in [0.3, 0.4) is 0 Å². The van der Waals surface area contributed by atoms with Gasteiger partial charge >= 0.3 is 0 Å². The fourth-order valence-corrected chi connectivity index (χ4v) is 3.08. The number of anilines is 1. The Hall–Kier alpha value is -0.990. The van der Waals surface area contributed by atoms with Crippen LogP contribution >= 0.6 is 0 Å². The summed E-state index contributed by atoms with van der Waals surface area (Å²) >= 11 is 0. The van der Waals surface area contributed by atoms with E-state index in [1.54, 1.807) is 0 Å². The number of rotatable bonds is 5. The monoisotopic (exact) mass is 247 g/mol. The molecule has 0 radical (unpaired) electrons. The highest BCUT2D eigenvalue weighted by atomic mass is 15.2. The number of aryl methyl sites for hydroxylation is 1. The zero-order valence-electron chi connectivity index (χ0n) is 11.5. The maximum Gasteiger partial charge on any atom is 0.203 e.